The molecular formula is C12H14ClN3O. The van der Waals surface area contributed by atoms with Crippen LogP contribution in [-0.4, -0.2) is 24.1 Å². The molecule has 0 atom stereocenters. The van der Waals surface area contributed by atoms with E-state index >= 15 is 0 Å². The fourth-order valence-electron chi connectivity index (χ4n) is 2.00. The SMILES string of the molecule is Cc1cccc2c(CC3=NCCN3)noc12.Cl. The van der Waals surface area contributed by atoms with Crippen LogP contribution in [0.15, 0.2) is 27.7 Å². The number of fused-ring (bicyclic) bond motifs is 1. The number of aliphatic imine (C=N–C) groups is 1. The molecule has 1 aliphatic heterocycles. The van der Waals surface area contributed by atoms with Gasteiger partial charge in [0, 0.05) is 11.9 Å². The molecule has 4 nitrogen and oxygen atoms in total. The Morgan fingerprint density at radius 2 is 2.29 bits per heavy atom. The highest BCUT2D eigenvalue weighted by molar-refractivity contribution is 5.90. The molecule has 3 rings (SSSR count). The molecule has 1 N–H and O–H groups in total. The molecule has 90 valence electrons. The highest BCUT2D eigenvalue weighted by atomic mass is 35.5. The van der Waals surface area contributed by atoms with Crippen LogP contribution in [0.3, 0.4) is 0 Å². The average Bonchev–Trinajstić information content (AvgIpc) is 2.90. The number of amidine groups is 1. The molecule has 2 heterocycles. The molecule has 5 heteroatoms. The van der Waals surface area contributed by atoms with Crippen molar-refractivity contribution in [3.05, 3.63) is 29.5 Å². The zero-order valence-corrected chi connectivity index (χ0v) is 10.4. The maximum Gasteiger partial charge on any atom is 0.170 e. The predicted octanol–water partition coefficient (Wildman–Crippen LogP) is 2.10. The van der Waals surface area contributed by atoms with E-state index in [-0.39, 0.29) is 12.4 Å². The second-order valence-electron chi connectivity index (χ2n) is 4.01. The first kappa shape index (κ1) is 11.9. The minimum atomic E-state index is 0. The van der Waals surface area contributed by atoms with Crippen LogP contribution in [0.2, 0.25) is 0 Å². The van der Waals surface area contributed by atoms with Gasteiger partial charge >= 0.3 is 0 Å². The number of nitrogens with zero attached hydrogens (tertiary/aromatic N) is 2. The third kappa shape index (κ3) is 2.13. The van der Waals surface area contributed by atoms with Crippen molar-refractivity contribution < 1.29 is 4.52 Å². The van der Waals surface area contributed by atoms with Gasteiger partial charge in [0.1, 0.15) is 5.84 Å². The number of aromatic nitrogens is 1. The summed E-state index contributed by atoms with van der Waals surface area (Å²) in [5.74, 6) is 1.01. The van der Waals surface area contributed by atoms with E-state index < -0.39 is 0 Å². The van der Waals surface area contributed by atoms with Gasteiger partial charge in [-0.2, -0.15) is 0 Å². The fourth-order valence-corrected chi connectivity index (χ4v) is 2.00. The quantitative estimate of drug-likeness (QED) is 0.889. The summed E-state index contributed by atoms with van der Waals surface area (Å²) in [5.41, 5.74) is 2.97. The standard InChI is InChI=1S/C12H13N3O.ClH/c1-8-3-2-4-9-10(15-16-12(8)9)7-11-13-5-6-14-11;/h2-4H,5-7H2,1H3,(H,13,14);1H. The Kier molecular flexibility index (Phi) is 3.33. The van der Waals surface area contributed by atoms with Gasteiger partial charge in [-0.05, 0) is 18.6 Å². The van der Waals surface area contributed by atoms with Gasteiger partial charge in [-0.15, -0.1) is 12.4 Å². The van der Waals surface area contributed by atoms with Crippen LogP contribution in [0.1, 0.15) is 11.3 Å². The maximum atomic E-state index is 5.36. The Balaban J connectivity index is 0.00000108. The van der Waals surface area contributed by atoms with E-state index in [1.54, 1.807) is 0 Å². The molecule has 0 unspecified atom stereocenters. The molecule has 1 aromatic heterocycles. The van der Waals surface area contributed by atoms with Gasteiger partial charge in [-0.3, -0.25) is 4.99 Å². The van der Waals surface area contributed by atoms with Gasteiger partial charge in [0.25, 0.3) is 0 Å². The molecule has 0 spiro atoms. The van der Waals surface area contributed by atoms with Crippen LogP contribution >= 0.6 is 12.4 Å². The van der Waals surface area contributed by atoms with E-state index in [9.17, 15) is 0 Å². The summed E-state index contributed by atoms with van der Waals surface area (Å²) in [5, 5.41) is 8.46. The summed E-state index contributed by atoms with van der Waals surface area (Å²) in [6.07, 6.45) is 0.733. The zero-order chi connectivity index (χ0) is 11.0. The van der Waals surface area contributed by atoms with Crippen molar-refractivity contribution in [2.45, 2.75) is 13.3 Å². The average molecular weight is 252 g/mol. The lowest BCUT2D eigenvalue weighted by Gasteiger charge is -1.98. The Morgan fingerprint density at radius 3 is 3.06 bits per heavy atom. The Morgan fingerprint density at radius 1 is 1.41 bits per heavy atom. The zero-order valence-electron chi connectivity index (χ0n) is 9.56. The number of nitrogens with one attached hydrogen (secondary N) is 1. The van der Waals surface area contributed by atoms with Crippen LogP contribution in [0, 0.1) is 6.92 Å². The highest BCUT2D eigenvalue weighted by Crippen LogP contribution is 2.22. The van der Waals surface area contributed by atoms with E-state index in [1.807, 2.05) is 25.1 Å². The lowest BCUT2D eigenvalue weighted by Crippen LogP contribution is -2.20. The highest BCUT2D eigenvalue weighted by Gasteiger charge is 2.13. The Labute approximate surface area is 105 Å². The van der Waals surface area contributed by atoms with E-state index in [0.717, 1.165) is 47.6 Å². The summed E-state index contributed by atoms with van der Waals surface area (Å²) in [6, 6.07) is 6.11. The van der Waals surface area contributed by atoms with Crippen molar-refractivity contribution in [3.8, 4) is 0 Å². The van der Waals surface area contributed by atoms with Crippen molar-refractivity contribution in [1.82, 2.24) is 10.5 Å². The van der Waals surface area contributed by atoms with E-state index in [4.69, 9.17) is 4.52 Å². The minimum absolute atomic E-state index is 0. The predicted molar refractivity (Wildman–Crippen MR) is 70.0 cm³/mol. The summed E-state index contributed by atoms with van der Waals surface area (Å²) in [6.45, 7) is 3.83. The monoisotopic (exact) mass is 251 g/mol. The summed E-state index contributed by atoms with van der Waals surface area (Å²) in [7, 11) is 0. The molecule has 17 heavy (non-hydrogen) atoms. The molecular weight excluding hydrogens is 238 g/mol. The number of halogens is 1. The first-order chi connectivity index (χ1) is 7.84. The van der Waals surface area contributed by atoms with Crippen molar-refractivity contribution >= 4 is 29.2 Å². The molecule has 0 aliphatic carbocycles. The summed E-state index contributed by atoms with van der Waals surface area (Å²) in [4.78, 5) is 4.36. The molecule has 1 aliphatic rings. The number of aryl methyl sites for hydroxylation is 1. The minimum Gasteiger partial charge on any atom is -0.372 e. The number of hydrogen-bond acceptors (Lipinski definition) is 4. The van der Waals surface area contributed by atoms with E-state index in [1.165, 1.54) is 0 Å². The lowest BCUT2D eigenvalue weighted by molar-refractivity contribution is 0.447. The largest absolute Gasteiger partial charge is 0.372 e. The van der Waals surface area contributed by atoms with Crippen molar-refractivity contribution in [2.75, 3.05) is 13.1 Å². The van der Waals surface area contributed by atoms with Crippen LogP contribution in [0.25, 0.3) is 11.0 Å². The van der Waals surface area contributed by atoms with Crippen LogP contribution < -0.4 is 5.32 Å². The third-order valence-corrected chi connectivity index (χ3v) is 2.85. The van der Waals surface area contributed by atoms with Crippen molar-refractivity contribution in [3.63, 3.8) is 0 Å². The van der Waals surface area contributed by atoms with Gasteiger partial charge < -0.3 is 9.84 Å². The fraction of sp³-hybridized carbons (Fsp3) is 0.333. The van der Waals surface area contributed by atoms with Crippen LogP contribution in [0.5, 0.6) is 0 Å². The number of hydrogen-bond donors (Lipinski definition) is 1. The van der Waals surface area contributed by atoms with E-state index in [0.29, 0.717) is 0 Å². The van der Waals surface area contributed by atoms with Crippen molar-refractivity contribution in [1.29, 1.82) is 0 Å². The first-order valence-corrected chi connectivity index (χ1v) is 5.45. The second kappa shape index (κ2) is 4.75. The molecule has 1 aromatic carbocycles. The normalized spacial score (nSPS) is 14.3. The maximum absolute atomic E-state index is 5.36. The molecule has 0 bridgehead atoms. The first-order valence-electron chi connectivity index (χ1n) is 5.45. The summed E-state index contributed by atoms with van der Waals surface area (Å²) < 4.78 is 5.36. The topological polar surface area (TPSA) is 50.4 Å². The van der Waals surface area contributed by atoms with Gasteiger partial charge in [0.2, 0.25) is 0 Å². The van der Waals surface area contributed by atoms with Gasteiger partial charge in [0.05, 0.1) is 18.7 Å². The molecule has 0 saturated heterocycles. The molecule has 0 saturated carbocycles. The van der Waals surface area contributed by atoms with Crippen LogP contribution in [0.4, 0.5) is 0 Å². The van der Waals surface area contributed by atoms with Crippen LogP contribution in [-0.2, 0) is 6.42 Å². The van der Waals surface area contributed by atoms with Gasteiger partial charge in [-0.1, -0.05) is 17.3 Å². The molecule has 2 aromatic rings. The molecule has 0 fully saturated rings. The van der Waals surface area contributed by atoms with Crippen molar-refractivity contribution in [2.24, 2.45) is 4.99 Å². The second-order valence-corrected chi connectivity index (χ2v) is 4.01. The summed E-state index contributed by atoms with van der Waals surface area (Å²) >= 11 is 0. The Hall–Kier alpha value is -1.55. The van der Waals surface area contributed by atoms with Gasteiger partial charge in [0.15, 0.2) is 5.58 Å². The number of para-hydroxylation sites is 1. The lowest BCUT2D eigenvalue weighted by atomic mass is 10.1. The smallest absolute Gasteiger partial charge is 0.170 e. The number of rotatable bonds is 2. The third-order valence-electron chi connectivity index (χ3n) is 2.85. The van der Waals surface area contributed by atoms with Gasteiger partial charge in [-0.25, -0.2) is 0 Å². The molecule has 0 amide bonds. The Bertz CT molecular complexity index is 562. The number of benzene rings is 1. The molecule has 0 radical (unpaired) electrons. The van der Waals surface area contributed by atoms with E-state index in [2.05, 4.69) is 15.5 Å².